The van der Waals surface area contributed by atoms with Crippen LogP contribution in [0.2, 0.25) is 10.0 Å². The lowest BCUT2D eigenvalue weighted by molar-refractivity contribution is -0.108. The molecule has 1 unspecified atom stereocenters. The van der Waals surface area contributed by atoms with Crippen LogP contribution in [0.1, 0.15) is 59.4 Å². The van der Waals surface area contributed by atoms with E-state index in [4.69, 9.17) is 28.2 Å². The number of aliphatic imine (C=N–C) groups is 1. The average molecular weight is 609 g/mol. The number of rotatable bonds is 5. The lowest BCUT2D eigenvalue weighted by Crippen LogP contribution is -2.57. The van der Waals surface area contributed by atoms with Crippen molar-refractivity contribution in [1.29, 1.82) is 0 Å². The fourth-order valence-electron chi connectivity index (χ4n) is 7.97. The van der Waals surface area contributed by atoms with Crippen LogP contribution in [-0.2, 0) is 13.0 Å². The minimum Gasteiger partial charge on any atom is -0.342 e. The molecule has 1 saturated heterocycles. The van der Waals surface area contributed by atoms with Gasteiger partial charge in [-0.3, -0.25) is 9.36 Å². The summed E-state index contributed by atoms with van der Waals surface area (Å²) in [5.74, 6) is 4.29. The number of likely N-dealkylation sites (tertiary alicyclic amines) is 1. The maximum absolute atomic E-state index is 13.3. The number of hydrogen-bond donors (Lipinski definition) is 1. The average Bonchev–Trinajstić information content (AvgIpc) is 2.93. The van der Waals surface area contributed by atoms with Gasteiger partial charge < -0.3 is 10.2 Å². The lowest BCUT2D eigenvalue weighted by Gasteiger charge is -2.61. The number of anilines is 1. The molecule has 42 heavy (non-hydrogen) atoms. The van der Waals surface area contributed by atoms with Crippen LogP contribution in [0.4, 0.5) is 5.69 Å². The molecule has 2 bridgehead atoms. The van der Waals surface area contributed by atoms with Crippen LogP contribution in [0.15, 0.2) is 52.5 Å². The molecule has 4 fully saturated rings. The summed E-state index contributed by atoms with van der Waals surface area (Å²) < 4.78 is 1.65. The van der Waals surface area contributed by atoms with Crippen LogP contribution in [-0.4, -0.2) is 39.5 Å². The number of guanidine groups is 1. The zero-order valence-corrected chi connectivity index (χ0v) is 26.9. The Morgan fingerprint density at radius 3 is 2.50 bits per heavy atom. The van der Waals surface area contributed by atoms with Crippen LogP contribution in [0.25, 0.3) is 10.9 Å². The molecular formula is C34H43Cl2N5O. The maximum Gasteiger partial charge on any atom is 0.261 e. The number of hydrogen-bond acceptors (Lipinski definition) is 3. The Balaban J connectivity index is 1.24. The van der Waals surface area contributed by atoms with Gasteiger partial charge in [-0.25, -0.2) is 9.98 Å². The largest absolute Gasteiger partial charge is 0.342 e. The molecule has 0 amide bonds. The molecule has 3 aliphatic carbocycles. The predicted octanol–water partition coefficient (Wildman–Crippen LogP) is 7.76. The summed E-state index contributed by atoms with van der Waals surface area (Å²) in [6, 6.07) is 11.6. The van der Waals surface area contributed by atoms with Gasteiger partial charge in [0, 0.05) is 35.4 Å². The van der Waals surface area contributed by atoms with Crippen molar-refractivity contribution in [3.8, 4) is 0 Å². The van der Waals surface area contributed by atoms with Crippen molar-refractivity contribution in [2.24, 2.45) is 40.0 Å². The number of fused-ring (bicyclic) bond motifs is 3. The van der Waals surface area contributed by atoms with Gasteiger partial charge >= 0.3 is 0 Å². The summed E-state index contributed by atoms with van der Waals surface area (Å²) in [6.45, 7) is 14.5. The molecule has 1 aromatic heterocycles. The molecule has 0 spiro atoms. The highest BCUT2D eigenvalue weighted by Gasteiger charge is 2.56. The van der Waals surface area contributed by atoms with Gasteiger partial charge in [0.05, 0.1) is 23.3 Å². The summed E-state index contributed by atoms with van der Waals surface area (Å²) >= 11 is 12.4. The summed E-state index contributed by atoms with van der Waals surface area (Å²) in [6.07, 6.45) is 6.02. The molecule has 8 heteroatoms. The molecule has 7 rings (SSSR count). The summed E-state index contributed by atoms with van der Waals surface area (Å²) in [4.78, 5) is 25.9. The molecule has 2 aromatic carbocycles. The van der Waals surface area contributed by atoms with Crippen LogP contribution in [0.5, 0.6) is 0 Å². The van der Waals surface area contributed by atoms with Crippen LogP contribution >= 0.6 is 23.2 Å². The highest BCUT2D eigenvalue weighted by Crippen LogP contribution is 2.61. The van der Waals surface area contributed by atoms with Crippen molar-refractivity contribution in [3.05, 3.63) is 68.7 Å². The van der Waals surface area contributed by atoms with Gasteiger partial charge in [0.1, 0.15) is 0 Å². The molecule has 0 radical (unpaired) electrons. The Morgan fingerprint density at radius 1 is 1.05 bits per heavy atom. The second-order valence-corrected chi connectivity index (χ2v) is 14.8. The zero-order valence-electron chi connectivity index (χ0n) is 25.4. The van der Waals surface area contributed by atoms with Crippen molar-refractivity contribution in [3.63, 3.8) is 0 Å². The van der Waals surface area contributed by atoms with E-state index < -0.39 is 0 Å². The molecule has 1 aliphatic heterocycles. The van der Waals surface area contributed by atoms with Crippen molar-refractivity contribution < 1.29 is 0 Å². The van der Waals surface area contributed by atoms with Gasteiger partial charge in [0.2, 0.25) is 0 Å². The first-order valence-electron chi connectivity index (χ1n) is 15.5. The van der Waals surface area contributed by atoms with E-state index >= 15 is 0 Å². The van der Waals surface area contributed by atoms with Crippen molar-refractivity contribution in [2.75, 3.05) is 18.4 Å². The SMILES string of the molecule is C[C@@H]1C[C@H](C)CN(C(=N[C@H]2CC3C[C@H]([C@@H]2C)C3(C)C)Nc2ccc3c(=O)n(CCc4ccc(Cl)cc4Cl)cnc3c2)C1. The number of aromatic nitrogens is 2. The van der Waals surface area contributed by atoms with E-state index in [-0.39, 0.29) is 5.56 Å². The maximum atomic E-state index is 13.3. The standard InChI is InChI=1S/C34H43Cl2N5O/c1-20-12-21(2)18-41(17-20)33(39-30-14-24-13-28(22(30)3)34(24,4)5)38-26-8-9-27-31(16-26)37-19-40(32(27)42)11-10-23-6-7-25(35)15-29(23)36/h6-9,15-16,19-22,24,28,30H,10-14,17-18H2,1-5H3,(H,38,39)/t20-,21+,22-,24?,28+,30-/m0/s1. The summed E-state index contributed by atoms with van der Waals surface area (Å²) in [7, 11) is 0. The summed E-state index contributed by atoms with van der Waals surface area (Å²) in [5.41, 5.74) is 2.93. The Labute approximate surface area is 259 Å². The van der Waals surface area contributed by atoms with Crippen LogP contribution < -0.4 is 10.9 Å². The van der Waals surface area contributed by atoms with Gasteiger partial charge in [-0.2, -0.15) is 0 Å². The van der Waals surface area contributed by atoms with Gasteiger partial charge in [-0.05, 0) is 96.6 Å². The van der Waals surface area contributed by atoms with E-state index in [0.29, 0.717) is 63.1 Å². The Hall–Kier alpha value is -2.57. The van der Waals surface area contributed by atoms with Crippen LogP contribution in [0.3, 0.4) is 0 Å². The minimum atomic E-state index is -0.0536. The van der Waals surface area contributed by atoms with E-state index in [1.54, 1.807) is 17.0 Å². The third-order valence-electron chi connectivity index (χ3n) is 10.5. The molecule has 3 saturated carbocycles. The quantitative estimate of drug-likeness (QED) is 0.238. The van der Waals surface area contributed by atoms with E-state index in [1.165, 1.54) is 12.8 Å². The minimum absolute atomic E-state index is 0.0536. The Bertz CT molecular complexity index is 1560. The van der Waals surface area contributed by atoms with Crippen molar-refractivity contribution in [1.82, 2.24) is 14.5 Å². The van der Waals surface area contributed by atoms with Crippen LogP contribution in [0, 0.1) is 35.0 Å². The van der Waals surface area contributed by atoms with E-state index in [1.807, 2.05) is 30.3 Å². The molecule has 4 aliphatic rings. The monoisotopic (exact) mass is 607 g/mol. The first-order valence-corrected chi connectivity index (χ1v) is 16.3. The predicted molar refractivity (Wildman–Crippen MR) is 175 cm³/mol. The van der Waals surface area contributed by atoms with E-state index in [9.17, 15) is 4.79 Å². The van der Waals surface area contributed by atoms with Crippen molar-refractivity contribution >= 4 is 45.8 Å². The van der Waals surface area contributed by atoms with Gasteiger partial charge in [0.25, 0.3) is 5.56 Å². The smallest absolute Gasteiger partial charge is 0.261 e. The second-order valence-electron chi connectivity index (χ2n) is 13.9. The molecule has 2 heterocycles. The summed E-state index contributed by atoms with van der Waals surface area (Å²) in [5, 5.41) is 5.51. The van der Waals surface area contributed by atoms with Crippen molar-refractivity contribution in [2.45, 2.75) is 72.9 Å². The fourth-order valence-corrected chi connectivity index (χ4v) is 8.47. The number of halogens is 2. The first kappa shape index (κ1) is 29.5. The molecule has 3 aromatic rings. The highest BCUT2D eigenvalue weighted by atomic mass is 35.5. The fraction of sp³-hybridized carbons (Fsp3) is 0.559. The molecular weight excluding hydrogens is 565 g/mol. The number of piperidine rings is 1. The molecule has 1 N–H and O–H groups in total. The molecule has 224 valence electrons. The normalized spacial score (nSPS) is 28.9. The molecule has 6 atom stereocenters. The first-order chi connectivity index (χ1) is 20.0. The third-order valence-corrected chi connectivity index (χ3v) is 11.1. The zero-order chi connectivity index (χ0) is 29.8. The lowest BCUT2D eigenvalue weighted by atomic mass is 9.45. The number of nitrogens with zero attached hydrogens (tertiary/aromatic N) is 4. The second kappa shape index (κ2) is 11.5. The third kappa shape index (κ3) is 5.69. The number of benzene rings is 2. The van der Waals surface area contributed by atoms with E-state index in [2.05, 4.69) is 49.8 Å². The number of nitrogens with one attached hydrogen (secondary N) is 1. The van der Waals surface area contributed by atoms with E-state index in [0.717, 1.165) is 48.6 Å². The Kier molecular flexibility index (Phi) is 8.08. The van der Waals surface area contributed by atoms with Gasteiger partial charge in [-0.15, -0.1) is 0 Å². The number of aryl methyl sites for hydroxylation is 2. The molecule has 6 nitrogen and oxygen atoms in total. The topological polar surface area (TPSA) is 62.5 Å². The highest BCUT2D eigenvalue weighted by molar-refractivity contribution is 6.35. The Morgan fingerprint density at radius 2 is 1.81 bits per heavy atom. The van der Waals surface area contributed by atoms with Gasteiger partial charge in [0.15, 0.2) is 5.96 Å². The van der Waals surface area contributed by atoms with Gasteiger partial charge in [-0.1, -0.05) is 63.9 Å².